The highest BCUT2D eigenvalue weighted by atomic mass is 35.5. The minimum absolute atomic E-state index is 0.271. The van der Waals surface area contributed by atoms with E-state index in [1.54, 1.807) is 6.07 Å². The molecule has 0 radical (unpaired) electrons. The van der Waals surface area contributed by atoms with Crippen LogP contribution in [-0.2, 0) is 6.54 Å². The lowest BCUT2D eigenvalue weighted by Crippen LogP contribution is -2.45. The number of nitrogens with zero attached hydrogens (tertiary/aromatic N) is 1. The fourth-order valence-corrected chi connectivity index (χ4v) is 2.93. The highest BCUT2D eigenvalue weighted by Gasteiger charge is 2.25. The Hall–Kier alpha value is -0.640. The van der Waals surface area contributed by atoms with Crippen molar-refractivity contribution in [2.45, 2.75) is 32.4 Å². The minimum Gasteiger partial charge on any atom is -0.329 e. The van der Waals surface area contributed by atoms with Gasteiger partial charge in [0.05, 0.1) is 0 Å². The van der Waals surface area contributed by atoms with Gasteiger partial charge in [0.1, 0.15) is 5.82 Å². The zero-order valence-electron chi connectivity index (χ0n) is 10.7. The molecule has 100 valence electrons. The molecule has 4 heteroatoms. The summed E-state index contributed by atoms with van der Waals surface area (Å²) < 4.78 is 13.3. The van der Waals surface area contributed by atoms with Crippen molar-refractivity contribution >= 4 is 11.6 Å². The van der Waals surface area contributed by atoms with Crippen molar-refractivity contribution in [2.24, 2.45) is 11.7 Å². The number of hydrogen-bond acceptors (Lipinski definition) is 2. The predicted octanol–water partition coefficient (Wildman–Crippen LogP) is 3.04. The molecule has 1 aliphatic heterocycles. The number of hydrogen-bond donors (Lipinski definition) is 1. The van der Waals surface area contributed by atoms with Crippen molar-refractivity contribution in [1.29, 1.82) is 0 Å². The average Bonchev–Trinajstić information content (AvgIpc) is 2.30. The SMILES string of the molecule is CC1CCN(Cc2cc(F)cc(Cl)c2)C(CN)C1. The lowest BCUT2D eigenvalue weighted by Gasteiger charge is -2.38. The number of halogens is 2. The molecule has 0 amide bonds. The molecule has 2 unspecified atom stereocenters. The van der Waals surface area contributed by atoms with Crippen molar-refractivity contribution in [3.63, 3.8) is 0 Å². The monoisotopic (exact) mass is 270 g/mol. The molecular formula is C14H20ClFN2. The Morgan fingerprint density at radius 2 is 2.22 bits per heavy atom. The third-order valence-corrected chi connectivity index (χ3v) is 3.90. The first-order chi connectivity index (χ1) is 8.58. The van der Waals surface area contributed by atoms with Gasteiger partial charge in [-0.15, -0.1) is 0 Å². The Kier molecular flexibility index (Phi) is 4.60. The van der Waals surface area contributed by atoms with Crippen molar-refractivity contribution in [3.8, 4) is 0 Å². The summed E-state index contributed by atoms with van der Waals surface area (Å²) in [5.41, 5.74) is 6.75. The summed E-state index contributed by atoms with van der Waals surface area (Å²) in [5.74, 6) is 0.457. The lowest BCUT2D eigenvalue weighted by molar-refractivity contribution is 0.115. The summed E-state index contributed by atoms with van der Waals surface area (Å²) in [7, 11) is 0. The number of rotatable bonds is 3. The van der Waals surface area contributed by atoms with Gasteiger partial charge < -0.3 is 5.73 Å². The van der Waals surface area contributed by atoms with Crippen LogP contribution in [0.1, 0.15) is 25.3 Å². The van der Waals surface area contributed by atoms with E-state index in [0.717, 1.165) is 31.0 Å². The van der Waals surface area contributed by atoms with E-state index >= 15 is 0 Å². The van der Waals surface area contributed by atoms with Crippen LogP contribution in [0, 0.1) is 11.7 Å². The van der Waals surface area contributed by atoms with Gasteiger partial charge in [-0.05, 0) is 49.1 Å². The molecule has 0 bridgehead atoms. The van der Waals surface area contributed by atoms with E-state index in [1.165, 1.54) is 12.5 Å². The van der Waals surface area contributed by atoms with Crippen LogP contribution < -0.4 is 5.73 Å². The van der Waals surface area contributed by atoms with Gasteiger partial charge in [0, 0.05) is 24.2 Å². The quantitative estimate of drug-likeness (QED) is 0.915. The van der Waals surface area contributed by atoms with Gasteiger partial charge in [-0.25, -0.2) is 4.39 Å². The first-order valence-electron chi connectivity index (χ1n) is 6.47. The third-order valence-electron chi connectivity index (χ3n) is 3.68. The van der Waals surface area contributed by atoms with Gasteiger partial charge in [0.15, 0.2) is 0 Å². The Morgan fingerprint density at radius 3 is 2.89 bits per heavy atom. The van der Waals surface area contributed by atoms with Gasteiger partial charge >= 0.3 is 0 Å². The number of benzene rings is 1. The molecule has 1 aliphatic rings. The zero-order chi connectivity index (χ0) is 13.1. The summed E-state index contributed by atoms with van der Waals surface area (Å²) in [6, 6.07) is 5.12. The minimum atomic E-state index is -0.271. The molecule has 1 saturated heterocycles. The van der Waals surface area contributed by atoms with Crippen LogP contribution in [0.3, 0.4) is 0 Å². The molecule has 1 heterocycles. The maximum absolute atomic E-state index is 13.3. The molecular weight excluding hydrogens is 251 g/mol. The van der Waals surface area contributed by atoms with E-state index in [0.29, 0.717) is 17.6 Å². The number of nitrogens with two attached hydrogens (primary N) is 1. The van der Waals surface area contributed by atoms with Crippen LogP contribution in [0.4, 0.5) is 4.39 Å². The van der Waals surface area contributed by atoms with Gasteiger partial charge in [0.25, 0.3) is 0 Å². The molecule has 2 atom stereocenters. The normalized spacial score (nSPS) is 25.3. The van der Waals surface area contributed by atoms with E-state index in [1.807, 2.05) is 6.07 Å². The molecule has 0 spiro atoms. The van der Waals surface area contributed by atoms with Crippen LogP contribution in [0.2, 0.25) is 5.02 Å². The highest BCUT2D eigenvalue weighted by Crippen LogP contribution is 2.24. The second-order valence-corrected chi connectivity index (χ2v) is 5.70. The van der Waals surface area contributed by atoms with Crippen LogP contribution in [-0.4, -0.2) is 24.0 Å². The maximum atomic E-state index is 13.3. The molecule has 2 nitrogen and oxygen atoms in total. The molecule has 0 aromatic heterocycles. The maximum Gasteiger partial charge on any atom is 0.125 e. The molecule has 1 fully saturated rings. The first kappa shape index (κ1) is 13.8. The van der Waals surface area contributed by atoms with Gasteiger partial charge in [-0.3, -0.25) is 4.90 Å². The Labute approximate surface area is 113 Å². The Bertz CT molecular complexity index is 391. The second-order valence-electron chi connectivity index (χ2n) is 5.27. The van der Waals surface area contributed by atoms with Crippen LogP contribution in [0.5, 0.6) is 0 Å². The van der Waals surface area contributed by atoms with Crippen LogP contribution in [0.15, 0.2) is 18.2 Å². The van der Waals surface area contributed by atoms with E-state index < -0.39 is 0 Å². The van der Waals surface area contributed by atoms with Crippen LogP contribution in [0.25, 0.3) is 0 Å². The van der Waals surface area contributed by atoms with Crippen molar-refractivity contribution in [2.75, 3.05) is 13.1 Å². The smallest absolute Gasteiger partial charge is 0.125 e. The van der Waals surface area contributed by atoms with Crippen molar-refractivity contribution in [1.82, 2.24) is 4.90 Å². The molecule has 0 saturated carbocycles. The fourth-order valence-electron chi connectivity index (χ4n) is 2.69. The van der Waals surface area contributed by atoms with Gasteiger partial charge in [-0.2, -0.15) is 0 Å². The Balaban J connectivity index is 2.07. The predicted molar refractivity (Wildman–Crippen MR) is 73.1 cm³/mol. The lowest BCUT2D eigenvalue weighted by atomic mass is 9.92. The molecule has 0 aliphatic carbocycles. The third kappa shape index (κ3) is 3.44. The number of likely N-dealkylation sites (tertiary alicyclic amines) is 1. The summed E-state index contributed by atoms with van der Waals surface area (Å²) >= 11 is 5.88. The summed E-state index contributed by atoms with van der Waals surface area (Å²) in [5, 5.41) is 0.458. The summed E-state index contributed by atoms with van der Waals surface area (Å²) in [6.45, 7) is 4.68. The van der Waals surface area contributed by atoms with Crippen LogP contribution >= 0.6 is 11.6 Å². The van der Waals surface area contributed by atoms with Crippen molar-refractivity contribution < 1.29 is 4.39 Å². The van der Waals surface area contributed by atoms with E-state index in [4.69, 9.17) is 17.3 Å². The van der Waals surface area contributed by atoms with E-state index in [2.05, 4.69) is 11.8 Å². The molecule has 1 aromatic carbocycles. The first-order valence-corrected chi connectivity index (χ1v) is 6.85. The van der Waals surface area contributed by atoms with Gasteiger partial charge in [0.2, 0.25) is 0 Å². The standard InChI is InChI=1S/C14H20ClFN2/c1-10-2-3-18(14(4-10)8-17)9-11-5-12(15)7-13(16)6-11/h5-7,10,14H,2-4,8-9,17H2,1H3. The second kappa shape index (κ2) is 6.00. The topological polar surface area (TPSA) is 29.3 Å². The van der Waals surface area contributed by atoms with Gasteiger partial charge in [-0.1, -0.05) is 18.5 Å². The zero-order valence-corrected chi connectivity index (χ0v) is 11.5. The number of piperidine rings is 1. The summed E-state index contributed by atoms with van der Waals surface area (Å²) in [6.07, 6.45) is 2.30. The Morgan fingerprint density at radius 1 is 1.44 bits per heavy atom. The summed E-state index contributed by atoms with van der Waals surface area (Å²) in [4.78, 5) is 2.34. The van der Waals surface area contributed by atoms with E-state index in [9.17, 15) is 4.39 Å². The molecule has 1 aromatic rings. The highest BCUT2D eigenvalue weighted by molar-refractivity contribution is 6.30. The molecule has 2 rings (SSSR count). The van der Waals surface area contributed by atoms with E-state index in [-0.39, 0.29) is 5.82 Å². The fraction of sp³-hybridized carbons (Fsp3) is 0.571. The van der Waals surface area contributed by atoms with Crippen molar-refractivity contribution in [3.05, 3.63) is 34.6 Å². The molecule has 18 heavy (non-hydrogen) atoms. The largest absolute Gasteiger partial charge is 0.329 e. The molecule has 2 N–H and O–H groups in total. The average molecular weight is 271 g/mol.